The van der Waals surface area contributed by atoms with E-state index in [0.29, 0.717) is 15.8 Å². The average Bonchev–Trinajstić information content (AvgIpc) is 2.68. The number of carbonyl (C=O) groups is 1. The van der Waals surface area contributed by atoms with Gasteiger partial charge in [-0.15, -0.1) is 0 Å². The van der Waals surface area contributed by atoms with Gasteiger partial charge in [0.15, 0.2) is 0 Å². The molecule has 0 bridgehead atoms. The summed E-state index contributed by atoms with van der Waals surface area (Å²) >= 11 is 6.57. The zero-order valence-electron chi connectivity index (χ0n) is 12.0. The third-order valence-electron chi connectivity index (χ3n) is 3.03. The van der Waals surface area contributed by atoms with E-state index >= 15 is 0 Å². The van der Waals surface area contributed by atoms with Crippen LogP contribution in [0.5, 0.6) is 0 Å². The fraction of sp³-hybridized carbons (Fsp3) is 0.333. The van der Waals surface area contributed by atoms with Crippen LogP contribution in [-0.2, 0) is 4.79 Å². The van der Waals surface area contributed by atoms with E-state index in [0.717, 1.165) is 18.5 Å². The van der Waals surface area contributed by atoms with Gasteiger partial charge in [-0.3, -0.25) is 9.69 Å². The van der Waals surface area contributed by atoms with Crippen molar-refractivity contribution in [1.29, 1.82) is 0 Å². The molecular formula is C15H17FN2OS2. The normalized spacial score (nSPS) is 17.3. The maximum atomic E-state index is 12.9. The molecule has 2 rings (SSSR count). The third kappa shape index (κ3) is 4.36. The minimum absolute atomic E-state index is 0.0620. The van der Waals surface area contributed by atoms with Gasteiger partial charge in [0.05, 0.1) is 4.91 Å². The number of thioether (sulfide) groups is 1. The summed E-state index contributed by atoms with van der Waals surface area (Å²) in [5.41, 5.74) is 0.796. The molecule has 0 unspecified atom stereocenters. The van der Waals surface area contributed by atoms with Crippen molar-refractivity contribution in [1.82, 2.24) is 9.80 Å². The van der Waals surface area contributed by atoms with Gasteiger partial charge in [-0.1, -0.05) is 36.1 Å². The number of hydrogen-bond acceptors (Lipinski definition) is 4. The Labute approximate surface area is 133 Å². The largest absolute Gasteiger partial charge is 0.309 e. The highest BCUT2D eigenvalue weighted by Crippen LogP contribution is 2.32. The van der Waals surface area contributed by atoms with E-state index in [2.05, 4.69) is 4.90 Å². The summed E-state index contributed by atoms with van der Waals surface area (Å²) in [7, 11) is 4.00. The Hall–Kier alpha value is -1.24. The first kappa shape index (κ1) is 16.1. The predicted molar refractivity (Wildman–Crippen MR) is 89.5 cm³/mol. The topological polar surface area (TPSA) is 23.6 Å². The van der Waals surface area contributed by atoms with Crippen molar-refractivity contribution in [2.24, 2.45) is 0 Å². The summed E-state index contributed by atoms with van der Waals surface area (Å²) in [4.78, 5) is 16.6. The van der Waals surface area contributed by atoms with E-state index in [-0.39, 0.29) is 11.7 Å². The molecular weight excluding hydrogens is 307 g/mol. The first-order valence-corrected chi connectivity index (χ1v) is 7.85. The second-order valence-corrected chi connectivity index (χ2v) is 6.72. The maximum absolute atomic E-state index is 12.9. The number of hydrogen-bond donors (Lipinski definition) is 0. The van der Waals surface area contributed by atoms with Crippen molar-refractivity contribution in [2.45, 2.75) is 6.42 Å². The number of carbonyl (C=O) groups excluding carboxylic acids is 1. The van der Waals surface area contributed by atoms with E-state index in [9.17, 15) is 9.18 Å². The quantitative estimate of drug-likeness (QED) is 0.614. The molecule has 1 aromatic rings. The zero-order valence-corrected chi connectivity index (χ0v) is 13.6. The second-order valence-electron chi connectivity index (χ2n) is 5.04. The van der Waals surface area contributed by atoms with Crippen LogP contribution in [0, 0.1) is 5.82 Å². The summed E-state index contributed by atoms with van der Waals surface area (Å²) in [6.45, 7) is 1.54. The molecule has 1 aliphatic rings. The molecule has 112 valence electrons. The Balaban J connectivity index is 2.05. The van der Waals surface area contributed by atoms with E-state index in [1.165, 1.54) is 23.9 Å². The lowest BCUT2D eigenvalue weighted by Crippen LogP contribution is -2.30. The highest BCUT2D eigenvalue weighted by molar-refractivity contribution is 8.26. The minimum atomic E-state index is -0.289. The molecule has 1 heterocycles. The van der Waals surface area contributed by atoms with Crippen LogP contribution >= 0.6 is 24.0 Å². The molecule has 3 nitrogen and oxygen atoms in total. The maximum Gasteiger partial charge on any atom is 0.266 e. The molecule has 1 amide bonds. The summed E-state index contributed by atoms with van der Waals surface area (Å²) in [5.74, 6) is -0.350. The van der Waals surface area contributed by atoms with Crippen LogP contribution in [0.3, 0.4) is 0 Å². The Morgan fingerprint density at radius 3 is 2.62 bits per heavy atom. The van der Waals surface area contributed by atoms with Gasteiger partial charge in [0, 0.05) is 6.54 Å². The van der Waals surface area contributed by atoms with Crippen molar-refractivity contribution >= 4 is 40.3 Å². The SMILES string of the molecule is CN(C)CCCN1C(=O)/C(=C\c2ccc(F)cc2)SC1=S. The van der Waals surface area contributed by atoms with Gasteiger partial charge >= 0.3 is 0 Å². The minimum Gasteiger partial charge on any atom is -0.309 e. The highest BCUT2D eigenvalue weighted by Gasteiger charge is 2.31. The van der Waals surface area contributed by atoms with E-state index in [1.807, 2.05) is 14.1 Å². The molecule has 1 saturated heterocycles. The third-order valence-corrected chi connectivity index (χ3v) is 4.41. The van der Waals surface area contributed by atoms with Crippen LogP contribution in [-0.4, -0.2) is 47.2 Å². The standard InChI is InChI=1S/C15H17FN2OS2/c1-17(2)8-3-9-18-14(19)13(21-15(18)20)10-11-4-6-12(16)7-5-11/h4-7,10H,3,8-9H2,1-2H3/b13-10+. The number of benzene rings is 1. The Morgan fingerprint density at radius 2 is 2.00 bits per heavy atom. The van der Waals surface area contributed by atoms with Crippen LogP contribution in [0.25, 0.3) is 6.08 Å². The fourth-order valence-electron chi connectivity index (χ4n) is 1.95. The van der Waals surface area contributed by atoms with Gasteiger partial charge in [0.2, 0.25) is 0 Å². The van der Waals surface area contributed by atoms with E-state index in [1.54, 1.807) is 23.1 Å². The van der Waals surface area contributed by atoms with Crippen molar-refractivity contribution in [2.75, 3.05) is 27.2 Å². The molecule has 6 heteroatoms. The van der Waals surface area contributed by atoms with Crippen LogP contribution in [0.1, 0.15) is 12.0 Å². The van der Waals surface area contributed by atoms with Crippen molar-refractivity contribution < 1.29 is 9.18 Å². The van der Waals surface area contributed by atoms with Crippen molar-refractivity contribution in [3.8, 4) is 0 Å². The van der Waals surface area contributed by atoms with E-state index < -0.39 is 0 Å². The average molecular weight is 324 g/mol. The Bertz CT molecular complexity index is 570. The molecule has 1 fully saturated rings. The lowest BCUT2D eigenvalue weighted by Gasteiger charge is -2.16. The van der Waals surface area contributed by atoms with Gasteiger partial charge in [-0.05, 0) is 50.8 Å². The van der Waals surface area contributed by atoms with Crippen LogP contribution in [0.2, 0.25) is 0 Å². The van der Waals surface area contributed by atoms with Crippen LogP contribution in [0.15, 0.2) is 29.2 Å². The molecule has 0 atom stereocenters. The van der Waals surface area contributed by atoms with Gasteiger partial charge in [0.25, 0.3) is 5.91 Å². The van der Waals surface area contributed by atoms with Crippen LogP contribution < -0.4 is 0 Å². The summed E-state index contributed by atoms with van der Waals surface area (Å²) in [6.07, 6.45) is 2.63. The van der Waals surface area contributed by atoms with Crippen molar-refractivity contribution in [3.63, 3.8) is 0 Å². The fourth-order valence-corrected chi connectivity index (χ4v) is 3.26. The molecule has 0 aromatic heterocycles. The zero-order chi connectivity index (χ0) is 15.4. The lowest BCUT2D eigenvalue weighted by atomic mass is 10.2. The Morgan fingerprint density at radius 1 is 1.33 bits per heavy atom. The molecule has 0 saturated carbocycles. The number of thiocarbonyl (C=S) groups is 1. The van der Waals surface area contributed by atoms with Crippen LogP contribution in [0.4, 0.5) is 4.39 Å². The molecule has 1 aliphatic heterocycles. The lowest BCUT2D eigenvalue weighted by molar-refractivity contribution is -0.122. The number of amides is 1. The van der Waals surface area contributed by atoms with Crippen molar-refractivity contribution in [3.05, 3.63) is 40.6 Å². The first-order chi connectivity index (χ1) is 9.97. The van der Waals surface area contributed by atoms with Gasteiger partial charge in [-0.25, -0.2) is 4.39 Å². The van der Waals surface area contributed by atoms with E-state index in [4.69, 9.17) is 12.2 Å². The van der Waals surface area contributed by atoms with Gasteiger partial charge < -0.3 is 4.90 Å². The number of nitrogens with zero attached hydrogens (tertiary/aromatic N) is 2. The predicted octanol–water partition coefficient (Wildman–Crippen LogP) is 2.98. The smallest absolute Gasteiger partial charge is 0.266 e. The molecule has 0 radical (unpaired) electrons. The number of rotatable bonds is 5. The summed E-state index contributed by atoms with van der Waals surface area (Å²) in [6, 6.07) is 6.05. The number of halogens is 1. The summed E-state index contributed by atoms with van der Waals surface area (Å²) < 4.78 is 13.5. The Kier molecular flexibility index (Phi) is 5.50. The summed E-state index contributed by atoms with van der Waals surface area (Å²) in [5, 5.41) is 0. The molecule has 1 aromatic carbocycles. The highest BCUT2D eigenvalue weighted by atomic mass is 32.2. The van der Waals surface area contributed by atoms with Gasteiger partial charge in [-0.2, -0.15) is 0 Å². The molecule has 0 aliphatic carbocycles. The molecule has 21 heavy (non-hydrogen) atoms. The molecule has 0 spiro atoms. The van der Waals surface area contributed by atoms with Gasteiger partial charge in [0.1, 0.15) is 10.1 Å². The monoisotopic (exact) mass is 324 g/mol. The second kappa shape index (κ2) is 7.15. The molecule has 0 N–H and O–H groups in total. The first-order valence-electron chi connectivity index (χ1n) is 6.63.